The van der Waals surface area contributed by atoms with Crippen molar-refractivity contribution in [2.45, 2.75) is 26.9 Å². The molecule has 0 saturated carbocycles. The van der Waals surface area contributed by atoms with E-state index in [2.05, 4.69) is 5.32 Å². The number of benzene rings is 3. The molecule has 0 atom stereocenters. The zero-order valence-electron chi connectivity index (χ0n) is 17.5. The van der Waals surface area contributed by atoms with Crippen LogP contribution < -0.4 is 16.6 Å². The summed E-state index contributed by atoms with van der Waals surface area (Å²) in [5, 5.41) is 3.21. The Bertz CT molecular complexity index is 1360. The van der Waals surface area contributed by atoms with E-state index >= 15 is 0 Å². The highest BCUT2D eigenvalue weighted by Gasteiger charge is 2.15. The minimum absolute atomic E-state index is 0.141. The lowest BCUT2D eigenvalue weighted by Crippen LogP contribution is -2.42. The average molecular weight is 413 g/mol. The Labute approximate surface area is 179 Å². The highest BCUT2D eigenvalue weighted by molar-refractivity contribution is 5.91. The Morgan fingerprint density at radius 3 is 2.10 bits per heavy atom. The summed E-state index contributed by atoms with van der Waals surface area (Å²) in [6.07, 6.45) is 0. The highest BCUT2D eigenvalue weighted by Crippen LogP contribution is 2.11. The summed E-state index contributed by atoms with van der Waals surface area (Å²) in [7, 11) is 0. The van der Waals surface area contributed by atoms with E-state index < -0.39 is 5.69 Å². The molecule has 0 aliphatic heterocycles. The maximum Gasteiger partial charge on any atom is 0.332 e. The number of aromatic nitrogens is 2. The normalized spacial score (nSPS) is 10.9. The van der Waals surface area contributed by atoms with Gasteiger partial charge in [0.15, 0.2) is 0 Å². The van der Waals surface area contributed by atoms with E-state index in [0.29, 0.717) is 16.6 Å². The van der Waals surface area contributed by atoms with Crippen LogP contribution in [-0.4, -0.2) is 15.0 Å². The smallest absolute Gasteiger partial charge is 0.325 e. The first-order valence-corrected chi connectivity index (χ1v) is 10.1. The fraction of sp³-hybridized carbons (Fsp3) is 0.160. The number of hydrogen-bond donors (Lipinski definition) is 1. The molecule has 1 amide bonds. The number of hydrogen-bond acceptors (Lipinski definition) is 3. The Hall–Kier alpha value is -3.93. The van der Waals surface area contributed by atoms with Gasteiger partial charge in [-0.2, -0.15) is 0 Å². The van der Waals surface area contributed by atoms with Crippen molar-refractivity contribution in [3.63, 3.8) is 0 Å². The Balaban J connectivity index is 1.74. The molecule has 0 unspecified atom stereocenters. The van der Waals surface area contributed by atoms with Gasteiger partial charge >= 0.3 is 5.69 Å². The van der Waals surface area contributed by atoms with Gasteiger partial charge in [0, 0.05) is 5.69 Å². The van der Waals surface area contributed by atoms with Crippen LogP contribution in [0, 0.1) is 13.8 Å². The summed E-state index contributed by atoms with van der Waals surface area (Å²) < 4.78 is 2.54. The third-order valence-corrected chi connectivity index (χ3v) is 5.23. The summed E-state index contributed by atoms with van der Waals surface area (Å²) in [5.41, 5.74) is 3.25. The molecule has 4 aromatic rings. The fourth-order valence-corrected chi connectivity index (χ4v) is 3.52. The maximum atomic E-state index is 13.3. The number of aryl methyl sites for hydroxylation is 2. The number of carbonyl (C=O) groups excluding carboxylic acids is 1. The molecule has 0 aliphatic rings. The maximum absolute atomic E-state index is 13.3. The quantitative estimate of drug-likeness (QED) is 0.545. The van der Waals surface area contributed by atoms with E-state index in [0.717, 1.165) is 16.7 Å². The molecule has 0 saturated heterocycles. The second-order valence-electron chi connectivity index (χ2n) is 7.68. The summed E-state index contributed by atoms with van der Waals surface area (Å²) in [6.45, 7) is 3.89. The number of carbonyl (C=O) groups is 1. The minimum atomic E-state index is -0.511. The van der Waals surface area contributed by atoms with Gasteiger partial charge in [-0.1, -0.05) is 59.7 Å². The Kier molecular flexibility index (Phi) is 5.54. The van der Waals surface area contributed by atoms with E-state index in [9.17, 15) is 14.4 Å². The van der Waals surface area contributed by atoms with Gasteiger partial charge in [-0.3, -0.25) is 18.7 Å². The molecule has 0 aliphatic carbocycles. The molecule has 0 spiro atoms. The van der Waals surface area contributed by atoms with Gasteiger partial charge in [-0.15, -0.1) is 0 Å². The summed E-state index contributed by atoms with van der Waals surface area (Å²) in [6, 6.07) is 22.0. The van der Waals surface area contributed by atoms with Crippen molar-refractivity contribution in [2.24, 2.45) is 0 Å². The fourth-order valence-electron chi connectivity index (χ4n) is 3.52. The lowest BCUT2D eigenvalue weighted by molar-refractivity contribution is -0.116. The lowest BCUT2D eigenvalue weighted by Gasteiger charge is -2.14. The lowest BCUT2D eigenvalue weighted by atomic mass is 10.1. The third-order valence-electron chi connectivity index (χ3n) is 5.23. The van der Waals surface area contributed by atoms with Crippen LogP contribution in [-0.2, 0) is 17.9 Å². The molecule has 31 heavy (non-hydrogen) atoms. The predicted octanol–water partition coefficient (Wildman–Crippen LogP) is 3.47. The van der Waals surface area contributed by atoms with Crippen LogP contribution in [0.1, 0.15) is 16.7 Å². The van der Waals surface area contributed by atoms with E-state index in [1.807, 2.05) is 62.4 Å². The molecule has 1 heterocycles. The van der Waals surface area contributed by atoms with Gasteiger partial charge in [0.25, 0.3) is 5.56 Å². The number of fused-ring (bicyclic) bond motifs is 1. The van der Waals surface area contributed by atoms with Gasteiger partial charge < -0.3 is 5.32 Å². The van der Waals surface area contributed by atoms with Gasteiger partial charge in [-0.25, -0.2) is 4.79 Å². The molecular formula is C25H23N3O3. The van der Waals surface area contributed by atoms with Gasteiger partial charge in [-0.05, 0) is 43.7 Å². The van der Waals surface area contributed by atoms with Gasteiger partial charge in [0.1, 0.15) is 6.54 Å². The number of nitrogens with zero attached hydrogens (tertiary/aromatic N) is 2. The molecule has 1 aromatic heterocycles. The van der Waals surface area contributed by atoms with Gasteiger partial charge in [0.2, 0.25) is 5.91 Å². The van der Waals surface area contributed by atoms with Crippen LogP contribution in [0.5, 0.6) is 0 Å². The standard InChI is InChI=1S/C25H23N3O3/c1-17-7-11-19(12-8-17)15-28-24(30)21-5-3-4-6-22(21)27(25(28)31)16-23(29)26-20-13-9-18(2)10-14-20/h3-14H,15-16H2,1-2H3,(H,26,29). The second kappa shape index (κ2) is 8.44. The van der Waals surface area contributed by atoms with E-state index in [1.165, 1.54) is 9.13 Å². The van der Waals surface area contributed by atoms with Crippen molar-refractivity contribution < 1.29 is 4.79 Å². The van der Waals surface area contributed by atoms with E-state index in [-0.39, 0.29) is 24.6 Å². The first kappa shape index (κ1) is 20.3. The second-order valence-corrected chi connectivity index (χ2v) is 7.68. The molecule has 156 valence electrons. The SMILES string of the molecule is Cc1ccc(Cn2c(=O)c3ccccc3n(CC(=O)Nc3ccc(C)cc3)c2=O)cc1. The number of nitrogens with one attached hydrogen (secondary N) is 1. The number of para-hydroxylation sites is 1. The molecule has 4 rings (SSSR count). The molecule has 3 aromatic carbocycles. The van der Waals surface area contributed by atoms with Crippen LogP contribution in [0.3, 0.4) is 0 Å². The molecule has 0 bridgehead atoms. The van der Waals surface area contributed by atoms with Crippen molar-refractivity contribution in [1.29, 1.82) is 0 Å². The molecule has 6 nitrogen and oxygen atoms in total. The zero-order valence-corrected chi connectivity index (χ0v) is 17.5. The highest BCUT2D eigenvalue weighted by atomic mass is 16.2. The van der Waals surface area contributed by atoms with Crippen molar-refractivity contribution in [1.82, 2.24) is 9.13 Å². The predicted molar refractivity (Wildman–Crippen MR) is 123 cm³/mol. The molecule has 0 fully saturated rings. The molecule has 6 heteroatoms. The summed E-state index contributed by atoms with van der Waals surface area (Å²) in [4.78, 5) is 39.0. The number of amides is 1. The van der Waals surface area contributed by atoms with Crippen LogP contribution >= 0.6 is 0 Å². The van der Waals surface area contributed by atoms with Crippen LogP contribution in [0.2, 0.25) is 0 Å². The van der Waals surface area contributed by atoms with E-state index in [1.54, 1.807) is 24.3 Å². The summed E-state index contributed by atoms with van der Waals surface area (Å²) >= 11 is 0. The summed E-state index contributed by atoms with van der Waals surface area (Å²) in [5.74, 6) is -0.336. The first-order valence-electron chi connectivity index (χ1n) is 10.1. The molecule has 0 radical (unpaired) electrons. The van der Waals surface area contributed by atoms with Gasteiger partial charge in [0.05, 0.1) is 17.4 Å². The third kappa shape index (κ3) is 4.33. The van der Waals surface area contributed by atoms with Crippen LogP contribution in [0.4, 0.5) is 5.69 Å². The topological polar surface area (TPSA) is 73.1 Å². The average Bonchev–Trinajstić information content (AvgIpc) is 2.77. The number of anilines is 1. The minimum Gasteiger partial charge on any atom is -0.325 e. The van der Waals surface area contributed by atoms with Crippen molar-refractivity contribution in [2.75, 3.05) is 5.32 Å². The largest absolute Gasteiger partial charge is 0.332 e. The monoisotopic (exact) mass is 413 g/mol. The van der Waals surface area contributed by atoms with Crippen molar-refractivity contribution >= 4 is 22.5 Å². The van der Waals surface area contributed by atoms with Crippen molar-refractivity contribution in [3.8, 4) is 0 Å². The van der Waals surface area contributed by atoms with Crippen LogP contribution in [0.25, 0.3) is 10.9 Å². The molecular weight excluding hydrogens is 390 g/mol. The zero-order chi connectivity index (χ0) is 22.0. The Morgan fingerprint density at radius 2 is 1.42 bits per heavy atom. The number of rotatable bonds is 5. The molecule has 1 N–H and O–H groups in total. The Morgan fingerprint density at radius 1 is 0.806 bits per heavy atom. The van der Waals surface area contributed by atoms with E-state index in [4.69, 9.17) is 0 Å². The van der Waals surface area contributed by atoms with Crippen LogP contribution in [0.15, 0.2) is 82.4 Å². The first-order chi connectivity index (χ1) is 14.9. The van der Waals surface area contributed by atoms with Crippen molar-refractivity contribution in [3.05, 3.63) is 110 Å².